The SMILES string of the molecule is OC1=C2C=CC=C(COCc3ccccc3)N2C=CC1OCc1ccccc1. The Balaban J connectivity index is 1.37. The zero-order valence-electron chi connectivity index (χ0n) is 15.6. The van der Waals surface area contributed by atoms with Gasteiger partial charge in [0.2, 0.25) is 0 Å². The van der Waals surface area contributed by atoms with E-state index in [4.69, 9.17) is 9.47 Å². The van der Waals surface area contributed by atoms with Crippen molar-refractivity contribution >= 4 is 0 Å². The highest BCUT2D eigenvalue weighted by atomic mass is 16.5. The Kier molecular flexibility index (Phi) is 5.71. The first-order valence-corrected chi connectivity index (χ1v) is 9.36. The molecule has 0 saturated carbocycles. The lowest BCUT2D eigenvalue weighted by Gasteiger charge is -2.32. The van der Waals surface area contributed by atoms with Crippen molar-refractivity contribution in [2.45, 2.75) is 19.3 Å². The van der Waals surface area contributed by atoms with E-state index in [9.17, 15) is 5.11 Å². The van der Waals surface area contributed by atoms with Crippen molar-refractivity contribution < 1.29 is 14.6 Å². The molecule has 1 N–H and O–H groups in total. The molecule has 0 fully saturated rings. The van der Waals surface area contributed by atoms with Gasteiger partial charge in [-0.1, -0.05) is 66.7 Å². The quantitative estimate of drug-likeness (QED) is 0.754. The van der Waals surface area contributed by atoms with Gasteiger partial charge in [0.25, 0.3) is 0 Å². The fraction of sp³-hybridized carbons (Fsp3) is 0.167. The zero-order valence-corrected chi connectivity index (χ0v) is 15.6. The van der Waals surface area contributed by atoms with E-state index >= 15 is 0 Å². The number of allylic oxidation sites excluding steroid dienone is 3. The molecule has 2 aromatic rings. The average Bonchev–Trinajstić information content (AvgIpc) is 2.75. The van der Waals surface area contributed by atoms with E-state index in [2.05, 4.69) is 0 Å². The van der Waals surface area contributed by atoms with Crippen LogP contribution in [-0.2, 0) is 22.7 Å². The molecular weight excluding hydrogens is 350 g/mol. The molecule has 0 amide bonds. The topological polar surface area (TPSA) is 41.9 Å². The fourth-order valence-corrected chi connectivity index (χ4v) is 3.21. The molecule has 1 unspecified atom stereocenters. The van der Waals surface area contributed by atoms with Gasteiger partial charge in [0.15, 0.2) is 0 Å². The molecule has 1 atom stereocenters. The summed E-state index contributed by atoms with van der Waals surface area (Å²) < 4.78 is 11.8. The lowest BCUT2D eigenvalue weighted by molar-refractivity contribution is 0.0596. The molecule has 28 heavy (non-hydrogen) atoms. The molecule has 2 aliphatic heterocycles. The summed E-state index contributed by atoms with van der Waals surface area (Å²) in [6.45, 7) is 1.45. The van der Waals surface area contributed by atoms with Crippen molar-refractivity contribution in [3.63, 3.8) is 0 Å². The summed E-state index contributed by atoms with van der Waals surface area (Å²) in [5, 5.41) is 10.7. The van der Waals surface area contributed by atoms with Crippen LogP contribution in [0.4, 0.5) is 0 Å². The standard InChI is InChI=1S/C24H23NO3/c26-24-22-13-7-12-21(18-27-16-19-8-3-1-4-9-19)25(22)15-14-23(24)28-17-20-10-5-2-6-11-20/h1-15,23,26H,16-18H2. The van der Waals surface area contributed by atoms with Crippen molar-refractivity contribution in [1.29, 1.82) is 0 Å². The van der Waals surface area contributed by atoms with E-state index in [1.165, 1.54) is 0 Å². The van der Waals surface area contributed by atoms with Gasteiger partial charge in [-0.15, -0.1) is 0 Å². The Labute approximate surface area is 165 Å². The van der Waals surface area contributed by atoms with Crippen LogP contribution in [0.25, 0.3) is 0 Å². The molecule has 4 heteroatoms. The van der Waals surface area contributed by atoms with Crippen molar-refractivity contribution in [2.24, 2.45) is 0 Å². The van der Waals surface area contributed by atoms with Crippen LogP contribution >= 0.6 is 0 Å². The summed E-state index contributed by atoms with van der Waals surface area (Å²) in [5.41, 5.74) is 3.90. The van der Waals surface area contributed by atoms with Crippen LogP contribution in [0.3, 0.4) is 0 Å². The van der Waals surface area contributed by atoms with E-state index in [-0.39, 0.29) is 5.76 Å². The molecule has 0 aromatic heterocycles. The molecule has 0 bridgehead atoms. The minimum Gasteiger partial charge on any atom is -0.507 e. The van der Waals surface area contributed by atoms with Crippen molar-refractivity contribution in [3.05, 3.63) is 119 Å². The van der Waals surface area contributed by atoms with Crippen LogP contribution in [0.15, 0.2) is 108 Å². The molecule has 142 valence electrons. The summed E-state index contributed by atoms with van der Waals surface area (Å²) in [5.74, 6) is 0.211. The van der Waals surface area contributed by atoms with E-state index in [0.29, 0.717) is 19.8 Å². The molecule has 2 heterocycles. The number of rotatable bonds is 7. The maximum atomic E-state index is 10.7. The summed E-state index contributed by atoms with van der Waals surface area (Å²) >= 11 is 0. The number of aliphatic hydroxyl groups excluding tert-OH is 1. The van der Waals surface area contributed by atoms with Crippen LogP contribution in [0.2, 0.25) is 0 Å². The average molecular weight is 373 g/mol. The Hall–Kier alpha value is -3.08. The number of nitrogens with zero attached hydrogens (tertiary/aromatic N) is 1. The highest BCUT2D eigenvalue weighted by Crippen LogP contribution is 2.29. The summed E-state index contributed by atoms with van der Waals surface area (Å²) in [4.78, 5) is 1.95. The van der Waals surface area contributed by atoms with Crippen LogP contribution in [-0.4, -0.2) is 22.7 Å². The maximum Gasteiger partial charge on any atom is 0.149 e. The highest BCUT2D eigenvalue weighted by molar-refractivity contribution is 5.40. The van der Waals surface area contributed by atoms with Crippen LogP contribution in [0, 0.1) is 0 Å². The summed E-state index contributed by atoms with van der Waals surface area (Å²) in [7, 11) is 0. The summed E-state index contributed by atoms with van der Waals surface area (Å²) in [6, 6.07) is 20.0. The molecule has 0 saturated heterocycles. The molecule has 4 nitrogen and oxygen atoms in total. The third-order valence-electron chi connectivity index (χ3n) is 4.69. The van der Waals surface area contributed by atoms with Crippen molar-refractivity contribution in [1.82, 2.24) is 4.90 Å². The fourth-order valence-electron chi connectivity index (χ4n) is 3.21. The smallest absolute Gasteiger partial charge is 0.149 e. The zero-order chi connectivity index (χ0) is 19.2. The van der Waals surface area contributed by atoms with E-state index < -0.39 is 6.10 Å². The van der Waals surface area contributed by atoms with Gasteiger partial charge in [-0.2, -0.15) is 0 Å². The Morgan fingerprint density at radius 3 is 2.25 bits per heavy atom. The predicted octanol–water partition coefficient (Wildman–Crippen LogP) is 4.84. The highest BCUT2D eigenvalue weighted by Gasteiger charge is 2.26. The van der Waals surface area contributed by atoms with Gasteiger partial charge >= 0.3 is 0 Å². The van der Waals surface area contributed by atoms with Crippen LogP contribution in [0.1, 0.15) is 11.1 Å². The van der Waals surface area contributed by atoms with Crippen molar-refractivity contribution in [2.75, 3.05) is 6.61 Å². The summed E-state index contributed by atoms with van der Waals surface area (Å²) in [6.07, 6.45) is 9.16. The molecule has 2 aromatic carbocycles. The number of ether oxygens (including phenoxy) is 2. The van der Waals surface area contributed by atoms with E-state index in [1.807, 2.05) is 96.1 Å². The molecule has 0 radical (unpaired) electrons. The number of aliphatic hydroxyl groups is 1. The van der Waals surface area contributed by atoms with Crippen LogP contribution in [0.5, 0.6) is 0 Å². The van der Waals surface area contributed by atoms with Gasteiger partial charge < -0.3 is 19.5 Å². The van der Waals surface area contributed by atoms with E-state index in [0.717, 1.165) is 22.5 Å². The number of fused-ring (bicyclic) bond motifs is 1. The normalized spacial score (nSPS) is 18.2. The van der Waals surface area contributed by atoms with Gasteiger partial charge in [0, 0.05) is 11.9 Å². The Morgan fingerprint density at radius 2 is 1.54 bits per heavy atom. The van der Waals surface area contributed by atoms with Crippen molar-refractivity contribution in [3.8, 4) is 0 Å². The second-order valence-corrected chi connectivity index (χ2v) is 6.69. The number of hydrogen-bond acceptors (Lipinski definition) is 4. The predicted molar refractivity (Wildman–Crippen MR) is 109 cm³/mol. The van der Waals surface area contributed by atoms with E-state index in [1.54, 1.807) is 0 Å². The molecule has 2 aliphatic rings. The third kappa shape index (κ3) is 4.25. The minimum atomic E-state index is -0.458. The first-order chi connectivity index (χ1) is 13.8. The monoisotopic (exact) mass is 373 g/mol. The number of benzene rings is 2. The minimum absolute atomic E-state index is 0.211. The van der Waals surface area contributed by atoms with Gasteiger partial charge in [0.1, 0.15) is 11.9 Å². The number of hydrogen-bond donors (Lipinski definition) is 1. The maximum absolute atomic E-state index is 10.7. The van der Waals surface area contributed by atoms with Gasteiger partial charge in [-0.3, -0.25) is 0 Å². The second-order valence-electron chi connectivity index (χ2n) is 6.69. The van der Waals surface area contributed by atoms with Gasteiger partial charge in [-0.05, 0) is 29.4 Å². The van der Waals surface area contributed by atoms with Gasteiger partial charge in [-0.25, -0.2) is 0 Å². The molecule has 4 rings (SSSR count). The Morgan fingerprint density at radius 1 is 0.857 bits per heavy atom. The molecule has 0 spiro atoms. The molecular formula is C24H23NO3. The van der Waals surface area contributed by atoms with Gasteiger partial charge in [0.05, 0.1) is 25.5 Å². The third-order valence-corrected chi connectivity index (χ3v) is 4.69. The second kappa shape index (κ2) is 8.74. The Bertz CT molecular complexity index is 913. The first kappa shape index (κ1) is 18.3. The lowest BCUT2D eigenvalue weighted by Crippen LogP contribution is -2.29. The largest absolute Gasteiger partial charge is 0.507 e. The lowest BCUT2D eigenvalue weighted by atomic mass is 10.1. The first-order valence-electron chi connectivity index (χ1n) is 9.36. The molecule has 0 aliphatic carbocycles. The van der Waals surface area contributed by atoms with Crippen LogP contribution < -0.4 is 0 Å².